The Kier molecular flexibility index (Phi) is 4.98. The van der Waals surface area contributed by atoms with Gasteiger partial charge in [0.05, 0.1) is 18.4 Å². The van der Waals surface area contributed by atoms with E-state index in [0.717, 1.165) is 0 Å². The van der Waals surface area contributed by atoms with E-state index in [1.165, 1.54) is 0 Å². The van der Waals surface area contributed by atoms with Gasteiger partial charge < -0.3 is 15.4 Å². The van der Waals surface area contributed by atoms with Crippen LogP contribution in [0.25, 0.3) is 0 Å². The van der Waals surface area contributed by atoms with Crippen LogP contribution in [0.15, 0.2) is 24.3 Å². The van der Waals surface area contributed by atoms with Crippen molar-refractivity contribution in [2.24, 2.45) is 11.8 Å². The summed E-state index contributed by atoms with van der Waals surface area (Å²) in [6.45, 7) is 0.942. The van der Waals surface area contributed by atoms with Crippen molar-refractivity contribution in [3.8, 4) is 0 Å². The topological polar surface area (TPSA) is 67.4 Å². The van der Waals surface area contributed by atoms with E-state index in [9.17, 15) is 9.59 Å². The average molecular weight is 297 g/mol. The van der Waals surface area contributed by atoms with E-state index in [4.69, 9.17) is 16.3 Å². The molecule has 1 fully saturated rings. The van der Waals surface area contributed by atoms with Gasteiger partial charge in [0.15, 0.2) is 0 Å². The Morgan fingerprint density at radius 1 is 1.25 bits per heavy atom. The van der Waals surface area contributed by atoms with E-state index < -0.39 is 0 Å². The highest BCUT2D eigenvalue weighted by Crippen LogP contribution is 2.39. The molecule has 1 aromatic carbocycles. The Morgan fingerprint density at radius 3 is 2.55 bits per heavy atom. The molecule has 0 aliphatic heterocycles. The zero-order valence-electron chi connectivity index (χ0n) is 11.2. The zero-order valence-corrected chi connectivity index (χ0v) is 11.9. The highest BCUT2D eigenvalue weighted by molar-refractivity contribution is 6.30. The second-order valence-corrected chi connectivity index (χ2v) is 5.17. The van der Waals surface area contributed by atoms with Crippen molar-refractivity contribution in [3.63, 3.8) is 0 Å². The Morgan fingerprint density at radius 2 is 1.90 bits per heavy atom. The SMILES string of the molecule is COCCNC(=O)C1CC1C(=O)Nc1ccc(Cl)cc1. The number of rotatable bonds is 6. The van der Waals surface area contributed by atoms with Gasteiger partial charge in [-0.1, -0.05) is 11.6 Å². The summed E-state index contributed by atoms with van der Waals surface area (Å²) in [5, 5.41) is 6.14. The minimum absolute atomic E-state index is 0.0849. The van der Waals surface area contributed by atoms with Crippen molar-refractivity contribution in [1.82, 2.24) is 5.32 Å². The Balaban J connectivity index is 1.78. The molecule has 2 atom stereocenters. The molecule has 0 radical (unpaired) electrons. The maximum Gasteiger partial charge on any atom is 0.228 e. The van der Waals surface area contributed by atoms with Crippen LogP contribution in [0.2, 0.25) is 5.02 Å². The van der Waals surface area contributed by atoms with Gasteiger partial charge in [0, 0.05) is 24.4 Å². The molecule has 1 saturated carbocycles. The molecule has 0 aromatic heterocycles. The van der Waals surface area contributed by atoms with Gasteiger partial charge in [-0.2, -0.15) is 0 Å². The third kappa shape index (κ3) is 3.95. The summed E-state index contributed by atoms with van der Waals surface area (Å²) in [4.78, 5) is 23.7. The summed E-state index contributed by atoms with van der Waals surface area (Å²) in [5.74, 6) is -0.676. The number of nitrogens with one attached hydrogen (secondary N) is 2. The number of hydrogen-bond acceptors (Lipinski definition) is 3. The molecule has 6 heteroatoms. The van der Waals surface area contributed by atoms with Crippen LogP contribution in [-0.4, -0.2) is 32.1 Å². The van der Waals surface area contributed by atoms with E-state index in [1.54, 1.807) is 31.4 Å². The summed E-state index contributed by atoms with van der Waals surface area (Å²) in [7, 11) is 1.58. The smallest absolute Gasteiger partial charge is 0.228 e. The Hall–Kier alpha value is -1.59. The van der Waals surface area contributed by atoms with E-state index in [-0.39, 0.29) is 23.7 Å². The van der Waals surface area contributed by atoms with Gasteiger partial charge >= 0.3 is 0 Å². The molecular weight excluding hydrogens is 280 g/mol. The molecule has 0 bridgehead atoms. The van der Waals surface area contributed by atoms with Gasteiger partial charge in [0.1, 0.15) is 0 Å². The van der Waals surface area contributed by atoms with Crippen molar-refractivity contribution < 1.29 is 14.3 Å². The molecule has 2 unspecified atom stereocenters. The molecule has 5 nitrogen and oxygen atoms in total. The van der Waals surface area contributed by atoms with Crippen LogP contribution >= 0.6 is 11.6 Å². The first-order chi connectivity index (χ1) is 9.61. The second kappa shape index (κ2) is 6.72. The predicted molar refractivity (Wildman–Crippen MR) is 76.6 cm³/mol. The molecule has 108 valence electrons. The minimum atomic E-state index is -0.242. The van der Waals surface area contributed by atoms with Crippen molar-refractivity contribution in [1.29, 1.82) is 0 Å². The first-order valence-electron chi connectivity index (χ1n) is 6.45. The van der Waals surface area contributed by atoms with Crippen LogP contribution < -0.4 is 10.6 Å². The fourth-order valence-corrected chi connectivity index (χ4v) is 2.08. The third-order valence-electron chi connectivity index (χ3n) is 3.18. The van der Waals surface area contributed by atoms with Crippen LogP contribution in [0.3, 0.4) is 0 Å². The summed E-state index contributed by atoms with van der Waals surface area (Å²) in [6, 6.07) is 6.88. The monoisotopic (exact) mass is 296 g/mol. The van der Waals surface area contributed by atoms with E-state index in [2.05, 4.69) is 10.6 Å². The standard InChI is InChI=1S/C14H17ClN2O3/c1-20-7-6-16-13(18)11-8-12(11)14(19)17-10-4-2-9(15)3-5-10/h2-5,11-12H,6-8H2,1H3,(H,16,18)(H,17,19). The molecule has 2 N–H and O–H groups in total. The molecule has 0 heterocycles. The zero-order chi connectivity index (χ0) is 14.5. The highest BCUT2D eigenvalue weighted by Gasteiger charge is 2.47. The lowest BCUT2D eigenvalue weighted by Gasteiger charge is -2.06. The van der Waals surface area contributed by atoms with Gasteiger partial charge in [-0.15, -0.1) is 0 Å². The number of benzene rings is 1. The van der Waals surface area contributed by atoms with Crippen LogP contribution in [0, 0.1) is 11.8 Å². The quantitative estimate of drug-likeness (QED) is 0.785. The third-order valence-corrected chi connectivity index (χ3v) is 3.43. The van der Waals surface area contributed by atoms with Crippen LogP contribution in [0.5, 0.6) is 0 Å². The number of amides is 2. The lowest BCUT2D eigenvalue weighted by atomic mass is 10.2. The first-order valence-corrected chi connectivity index (χ1v) is 6.82. The summed E-state index contributed by atoms with van der Waals surface area (Å²) in [5.41, 5.74) is 0.685. The number of hydrogen-bond donors (Lipinski definition) is 2. The number of methoxy groups -OCH3 is 1. The molecule has 2 amide bonds. The largest absolute Gasteiger partial charge is 0.383 e. The molecular formula is C14H17ClN2O3. The number of anilines is 1. The summed E-state index contributed by atoms with van der Waals surface area (Å²) >= 11 is 5.77. The van der Waals surface area contributed by atoms with E-state index >= 15 is 0 Å². The summed E-state index contributed by atoms with van der Waals surface area (Å²) < 4.78 is 4.85. The maximum absolute atomic E-state index is 12.0. The van der Waals surface area contributed by atoms with E-state index in [1.807, 2.05) is 0 Å². The molecule has 1 aromatic rings. The lowest BCUT2D eigenvalue weighted by molar-refractivity contribution is -0.125. The van der Waals surface area contributed by atoms with Crippen LogP contribution in [0.1, 0.15) is 6.42 Å². The maximum atomic E-state index is 12.0. The Labute approximate surface area is 122 Å². The first kappa shape index (κ1) is 14.8. The molecule has 20 heavy (non-hydrogen) atoms. The molecule has 1 aliphatic carbocycles. The van der Waals surface area contributed by atoms with Crippen LogP contribution in [-0.2, 0) is 14.3 Å². The fourth-order valence-electron chi connectivity index (χ4n) is 1.95. The molecule has 0 spiro atoms. The fraction of sp³-hybridized carbons (Fsp3) is 0.429. The van der Waals surface area contributed by atoms with Gasteiger partial charge in [0.2, 0.25) is 11.8 Å². The Bertz CT molecular complexity index is 490. The van der Waals surface area contributed by atoms with Gasteiger partial charge in [-0.3, -0.25) is 9.59 Å². The van der Waals surface area contributed by atoms with Crippen molar-refractivity contribution >= 4 is 29.1 Å². The van der Waals surface area contributed by atoms with Crippen molar-refractivity contribution in [2.45, 2.75) is 6.42 Å². The minimum Gasteiger partial charge on any atom is -0.383 e. The van der Waals surface area contributed by atoms with Gasteiger partial charge in [-0.25, -0.2) is 0 Å². The molecule has 0 saturated heterocycles. The number of carbonyl (C=O) groups is 2. The van der Waals surface area contributed by atoms with Gasteiger partial charge in [-0.05, 0) is 30.7 Å². The number of ether oxygens (including phenoxy) is 1. The number of carbonyl (C=O) groups excluding carboxylic acids is 2. The molecule has 2 rings (SSSR count). The predicted octanol–water partition coefficient (Wildman–Crippen LogP) is 1.68. The molecule has 1 aliphatic rings. The van der Waals surface area contributed by atoms with Gasteiger partial charge in [0.25, 0.3) is 0 Å². The number of halogens is 1. The normalized spacial score (nSPS) is 20.3. The van der Waals surface area contributed by atoms with E-state index in [0.29, 0.717) is 30.3 Å². The van der Waals surface area contributed by atoms with Crippen molar-refractivity contribution in [2.75, 3.05) is 25.6 Å². The average Bonchev–Trinajstić information content (AvgIpc) is 3.22. The highest BCUT2D eigenvalue weighted by atomic mass is 35.5. The van der Waals surface area contributed by atoms with Crippen molar-refractivity contribution in [3.05, 3.63) is 29.3 Å². The lowest BCUT2D eigenvalue weighted by Crippen LogP contribution is -2.30. The van der Waals surface area contributed by atoms with Crippen LogP contribution in [0.4, 0.5) is 5.69 Å². The summed E-state index contributed by atoms with van der Waals surface area (Å²) in [6.07, 6.45) is 0.595. The second-order valence-electron chi connectivity index (χ2n) is 4.73.